The summed E-state index contributed by atoms with van der Waals surface area (Å²) in [5.41, 5.74) is 7.69. The third-order valence-electron chi connectivity index (χ3n) is 5.18. The molecule has 0 saturated carbocycles. The maximum atomic E-state index is 2.39. The van der Waals surface area contributed by atoms with Crippen molar-refractivity contribution in [2.45, 2.75) is 59.3 Å². The second-order valence-electron chi connectivity index (χ2n) is 7.15. The molecule has 0 nitrogen and oxygen atoms in total. The van der Waals surface area contributed by atoms with Crippen molar-refractivity contribution in [3.63, 3.8) is 0 Å². The van der Waals surface area contributed by atoms with Gasteiger partial charge in [-0.1, -0.05) is 26.7 Å². The van der Waals surface area contributed by atoms with Gasteiger partial charge < -0.3 is 0 Å². The minimum absolute atomic E-state index is 0.177. The second kappa shape index (κ2) is 9.54. The first-order chi connectivity index (χ1) is 12.8. The SMILES string of the molecule is CCCC.CCCC1=[C]([Ti][c]2cccc3c2Cc2ccccc2-3)CC=C1. The van der Waals surface area contributed by atoms with Crippen LogP contribution in [0.25, 0.3) is 11.1 Å². The van der Waals surface area contributed by atoms with Crippen LogP contribution in [0.15, 0.2) is 64.1 Å². The van der Waals surface area contributed by atoms with Gasteiger partial charge in [-0.3, -0.25) is 0 Å². The molecule has 0 unspecified atom stereocenters. The molecule has 2 aliphatic carbocycles. The Kier molecular flexibility index (Phi) is 7.11. The van der Waals surface area contributed by atoms with Gasteiger partial charge in [-0.25, -0.2) is 0 Å². The summed E-state index contributed by atoms with van der Waals surface area (Å²) in [5, 5.41) is 0. The van der Waals surface area contributed by atoms with Crippen LogP contribution in [-0.2, 0) is 25.6 Å². The molecule has 1 heteroatoms. The molecule has 2 aliphatic rings. The van der Waals surface area contributed by atoms with Gasteiger partial charge in [0.05, 0.1) is 0 Å². The summed E-state index contributed by atoms with van der Waals surface area (Å²) >= 11 is -0.177. The zero-order chi connectivity index (χ0) is 18.4. The van der Waals surface area contributed by atoms with E-state index in [-0.39, 0.29) is 19.2 Å². The molecule has 0 aromatic heterocycles. The molecule has 0 heterocycles. The van der Waals surface area contributed by atoms with Crippen LogP contribution in [0.1, 0.15) is 64.0 Å². The molecule has 2 aromatic carbocycles. The monoisotopic (exact) mass is 378 g/mol. The topological polar surface area (TPSA) is 0 Å². The van der Waals surface area contributed by atoms with Gasteiger partial charge >= 0.3 is 142 Å². The van der Waals surface area contributed by atoms with Gasteiger partial charge in [-0.2, -0.15) is 0 Å². The van der Waals surface area contributed by atoms with Crippen molar-refractivity contribution in [3.8, 4) is 11.1 Å². The Morgan fingerprint density at radius 1 is 0.846 bits per heavy atom. The van der Waals surface area contributed by atoms with E-state index in [1.807, 2.05) is 0 Å². The summed E-state index contributed by atoms with van der Waals surface area (Å²) in [6, 6.07) is 15.9. The Labute approximate surface area is 168 Å². The van der Waals surface area contributed by atoms with E-state index in [9.17, 15) is 0 Å². The van der Waals surface area contributed by atoms with E-state index in [2.05, 4.69) is 75.4 Å². The number of fused-ring (bicyclic) bond motifs is 3. The first-order valence-corrected chi connectivity index (χ1v) is 11.7. The van der Waals surface area contributed by atoms with Crippen molar-refractivity contribution >= 4 is 3.87 Å². The number of hydrogen-bond donors (Lipinski definition) is 0. The molecule has 134 valence electrons. The quantitative estimate of drug-likeness (QED) is 0.429. The fourth-order valence-corrected chi connectivity index (χ4v) is 5.91. The van der Waals surface area contributed by atoms with Crippen LogP contribution in [0.2, 0.25) is 0 Å². The number of unbranched alkanes of at least 4 members (excludes halogenated alkanes) is 1. The van der Waals surface area contributed by atoms with Gasteiger partial charge in [0.25, 0.3) is 0 Å². The Bertz CT molecular complexity index is 809. The van der Waals surface area contributed by atoms with Crippen LogP contribution >= 0.6 is 0 Å². The fourth-order valence-electron chi connectivity index (χ4n) is 3.62. The molecule has 0 amide bonds. The minimum atomic E-state index is -0.177. The summed E-state index contributed by atoms with van der Waals surface area (Å²) in [5.74, 6) is 0. The van der Waals surface area contributed by atoms with Crippen LogP contribution in [0.3, 0.4) is 0 Å². The molecule has 4 rings (SSSR count). The normalized spacial score (nSPS) is 14.0. The van der Waals surface area contributed by atoms with Crippen LogP contribution in [0.4, 0.5) is 0 Å². The van der Waals surface area contributed by atoms with E-state index in [1.54, 1.807) is 18.9 Å². The van der Waals surface area contributed by atoms with E-state index in [0.29, 0.717) is 0 Å². The van der Waals surface area contributed by atoms with Crippen molar-refractivity contribution in [1.29, 1.82) is 0 Å². The van der Waals surface area contributed by atoms with Crippen molar-refractivity contribution in [2.75, 3.05) is 0 Å². The first-order valence-electron chi connectivity index (χ1n) is 10.1. The maximum absolute atomic E-state index is 2.39. The average molecular weight is 378 g/mol. The molecule has 2 aromatic rings. The second-order valence-corrected chi connectivity index (χ2v) is 9.32. The zero-order valence-corrected chi connectivity index (χ0v) is 18.0. The average Bonchev–Trinajstić information content (AvgIpc) is 3.27. The van der Waals surface area contributed by atoms with Crippen LogP contribution in [-0.4, -0.2) is 0 Å². The van der Waals surface area contributed by atoms with Crippen molar-refractivity contribution in [2.24, 2.45) is 0 Å². The van der Waals surface area contributed by atoms with Gasteiger partial charge in [0.2, 0.25) is 0 Å². The van der Waals surface area contributed by atoms with E-state index in [4.69, 9.17) is 0 Å². The van der Waals surface area contributed by atoms with E-state index < -0.39 is 0 Å². The Morgan fingerprint density at radius 3 is 2.38 bits per heavy atom. The summed E-state index contributed by atoms with van der Waals surface area (Å²) < 4.78 is 3.41. The van der Waals surface area contributed by atoms with Crippen LogP contribution < -0.4 is 3.87 Å². The number of hydrogen-bond acceptors (Lipinski definition) is 0. The molecule has 0 atom stereocenters. The summed E-state index contributed by atoms with van der Waals surface area (Å²) in [7, 11) is 0. The molecule has 0 fully saturated rings. The third-order valence-corrected chi connectivity index (χ3v) is 7.63. The van der Waals surface area contributed by atoms with E-state index >= 15 is 0 Å². The van der Waals surface area contributed by atoms with Crippen LogP contribution in [0, 0.1) is 0 Å². The molecule has 0 bridgehead atoms. The Balaban J connectivity index is 0.000000447. The van der Waals surface area contributed by atoms with Gasteiger partial charge in [0, 0.05) is 0 Å². The van der Waals surface area contributed by atoms with Crippen molar-refractivity contribution in [1.82, 2.24) is 0 Å². The molecular weight excluding hydrogens is 348 g/mol. The summed E-state index contributed by atoms with van der Waals surface area (Å²) in [6.45, 7) is 6.65. The van der Waals surface area contributed by atoms with Gasteiger partial charge in [0.15, 0.2) is 0 Å². The molecule has 0 aliphatic heterocycles. The zero-order valence-electron chi connectivity index (χ0n) is 16.4. The Morgan fingerprint density at radius 2 is 1.62 bits per heavy atom. The van der Waals surface area contributed by atoms with Gasteiger partial charge in [0.1, 0.15) is 0 Å². The fraction of sp³-hybridized carbons (Fsp3) is 0.360. The molecule has 0 radical (unpaired) electrons. The number of benzene rings is 2. The standard InChI is InChI=1S/C13H9.C8H11.C4H10.Ti/c1-3-7-12-10(5-1)9-11-6-2-4-8-13(11)12;1-2-5-8-6-3-4-7-8;1-3-4-2;/h1-5,7-8H,9H2;3,6H,2,4-5H2,1H3;3-4H2,1-2H3;. The third kappa shape index (κ3) is 4.30. The molecular formula is C25H30Ti. The van der Waals surface area contributed by atoms with Crippen molar-refractivity contribution < 1.29 is 19.2 Å². The van der Waals surface area contributed by atoms with Crippen molar-refractivity contribution in [3.05, 3.63) is 75.2 Å². The number of allylic oxidation sites excluding steroid dienone is 4. The van der Waals surface area contributed by atoms with Gasteiger partial charge in [-0.15, -0.1) is 0 Å². The molecule has 0 spiro atoms. The molecule has 0 N–H and O–H groups in total. The van der Waals surface area contributed by atoms with Gasteiger partial charge in [-0.05, 0) is 0 Å². The summed E-state index contributed by atoms with van der Waals surface area (Å²) in [4.78, 5) is 0. The molecule has 0 saturated heterocycles. The Hall–Kier alpha value is -1.37. The summed E-state index contributed by atoms with van der Waals surface area (Å²) in [6.07, 6.45) is 12.2. The van der Waals surface area contributed by atoms with E-state index in [1.165, 1.54) is 48.8 Å². The number of rotatable bonds is 5. The van der Waals surface area contributed by atoms with Crippen LogP contribution in [0.5, 0.6) is 0 Å². The van der Waals surface area contributed by atoms with E-state index in [0.717, 1.165) is 6.42 Å². The first kappa shape index (κ1) is 19.4. The molecule has 26 heavy (non-hydrogen) atoms. The predicted octanol–water partition coefficient (Wildman–Crippen LogP) is 6.79. The predicted molar refractivity (Wildman–Crippen MR) is 111 cm³/mol.